The van der Waals surface area contributed by atoms with Crippen LogP contribution in [-0.4, -0.2) is 29.2 Å². The minimum atomic E-state index is -0.172. The maximum Gasteiger partial charge on any atom is 0.127 e. The summed E-state index contributed by atoms with van der Waals surface area (Å²) in [6, 6.07) is 6.80. The van der Waals surface area contributed by atoms with Crippen molar-refractivity contribution in [2.75, 3.05) is 13.7 Å². The molecule has 0 atom stereocenters. The maximum atomic E-state index is 13.4. The second kappa shape index (κ2) is 5.41. The van der Waals surface area contributed by atoms with Crippen LogP contribution < -0.4 is 0 Å². The molecule has 0 saturated carbocycles. The predicted octanol–water partition coefficient (Wildman–Crippen LogP) is 2.42. The number of hydrogen-bond donors (Lipinski definition) is 1. The molecule has 0 aliphatic carbocycles. The first-order valence-corrected chi connectivity index (χ1v) is 5.53. The summed E-state index contributed by atoms with van der Waals surface area (Å²) in [5.41, 5.74) is 0.563. The van der Waals surface area contributed by atoms with Crippen LogP contribution in [0, 0.1) is 5.82 Å². The third-order valence-corrected chi connectivity index (χ3v) is 3.12. The fourth-order valence-corrected chi connectivity index (χ4v) is 1.56. The van der Waals surface area contributed by atoms with E-state index in [-0.39, 0.29) is 18.0 Å². The van der Waals surface area contributed by atoms with Crippen molar-refractivity contribution in [1.29, 1.82) is 0 Å². The number of aliphatic hydroxyl groups excluding tert-OH is 1. The second-order valence-electron chi connectivity index (χ2n) is 4.73. The van der Waals surface area contributed by atoms with E-state index >= 15 is 0 Å². The Kier molecular flexibility index (Phi) is 4.44. The Morgan fingerprint density at radius 1 is 1.31 bits per heavy atom. The highest BCUT2D eigenvalue weighted by Gasteiger charge is 2.23. The Morgan fingerprint density at radius 2 is 1.94 bits per heavy atom. The topological polar surface area (TPSA) is 23.5 Å². The SMILES string of the molecule is CN(Cc1ccccc1F)C(C)(C)CCO. The molecule has 16 heavy (non-hydrogen) atoms. The van der Waals surface area contributed by atoms with Crippen LogP contribution in [0.1, 0.15) is 25.8 Å². The van der Waals surface area contributed by atoms with Gasteiger partial charge in [0.15, 0.2) is 0 Å². The van der Waals surface area contributed by atoms with E-state index in [2.05, 4.69) is 4.90 Å². The van der Waals surface area contributed by atoms with Gasteiger partial charge in [0.2, 0.25) is 0 Å². The molecular weight excluding hydrogens is 205 g/mol. The molecule has 1 rings (SSSR count). The number of rotatable bonds is 5. The van der Waals surface area contributed by atoms with E-state index in [0.717, 1.165) is 0 Å². The fraction of sp³-hybridized carbons (Fsp3) is 0.538. The van der Waals surface area contributed by atoms with Gasteiger partial charge in [-0.15, -0.1) is 0 Å². The molecule has 3 heteroatoms. The number of benzene rings is 1. The van der Waals surface area contributed by atoms with Crippen molar-refractivity contribution in [3.8, 4) is 0 Å². The van der Waals surface area contributed by atoms with Crippen LogP contribution >= 0.6 is 0 Å². The summed E-state index contributed by atoms with van der Waals surface area (Å²) in [5, 5.41) is 8.97. The van der Waals surface area contributed by atoms with Crippen LogP contribution in [0.5, 0.6) is 0 Å². The van der Waals surface area contributed by atoms with Crippen molar-refractivity contribution in [1.82, 2.24) is 4.90 Å². The number of halogens is 1. The van der Waals surface area contributed by atoms with Gasteiger partial charge in [-0.3, -0.25) is 4.90 Å². The molecule has 1 aromatic carbocycles. The Hall–Kier alpha value is -0.930. The zero-order valence-corrected chi connectivity index (χ0v) is 10.2. The summed E-state index contributed by atoms with van der Waals surface area (Å²) in [5.74, 6) is -0.172. The Labute approximate surface area is 96.7 Å². The first-order chi connectivity index (χ1) is 7.47. The van der Waals surface area contributed by atoms with E-state index in [1.165, 1.54) is 6.07 Å². The third kappa shape index (κ3) is 3.29. The summed E-state index contributed by atoms with van der Waals surface area (Å²) in [6.07, 6.45) is 0.679. The van der Waals surface area contributed by atoms with Crippen LogP contribution in [0.4, 0.5) is 4.39 Å². The van der Waals surface area contributed by atoms with E-state index in [1.54, 1.807) is 12.1 Å². The van der Waals surface area contributed by atoms with Crippen LogP contribution in [-0.2, 0) is 6.54 Å². The lowest BCUT2D eigenvalue weighted by atomic mass is 9.98. The Bertz CT molecular complexity index is 338. The molecule has 0 fully saturated rings. The van der Waals surface area contributed by atoms with Gasteiger partial charge in [0, 0.05) is 24.3 Å². The van der Waals surface area contributed by atoms with Gasteiger partial charge in [-0.1, -0.05) is 18.2 Å². The second-order valence-corrected chi connectivity index (χ2v) is 4.73. The third-order valence-electron chi connectivity index (χ3n) is 3.12. The molecule has 1 N–H and O–H groups in total. The number of hydrogen-bond acceptors (Lipinski definition) is 2. The van der Waals surface area contributed by atoms with Crippen LogP contribution in [0.2, 0.25) is 0 Å². The van der Waals surface area contributed by atoms with Crippen molar-refractivity contribution < 1.29 is 9.50 Å². The van der Waals surface area contributed by atoms with Gasteiger partial charge < -0.3 is 5.11 Å². The zero-order valence-electron chi connectivity index (χ0n) is 10.2. The average molecular weight is 225 g/mol. The van der Waals surface area contributed by atoms with E-state index in [1.807, 2.05) is 27.0 Å². The lowest BCUT2D eigenvalue weighted by Gasteiger charge is -2.35. The van der Waals surface area contributed by atoms with Crippen LogP contribution in [0.3, 0.4) is 0 Å². The van der Waals surface area contributed by atoms with Gasteiger partial charge in [0.1, 0.15) is 5.82 Å². The molecule has 0 amide bonds. The van der Waals surface area contributed by atoms with Gasteiger partial charge in [0.25, 0.3) is 0 Å². The first kappa shape index (κ1) is 13.1. The van der Waals surface area contributed by atoms with Crippen molar-refractivity contribution in [3.05, 3.63) is 35.6 Å². The molecule has 0 saturated heterocycles. The fourth-order valence-electron chi connectivity index (χ4n) is 1.56. The van der Waals surface area contributed by atoms with Gasteiger partial charge in [-0.25, -0.2) is 4.39 Å². The molecule has 0 unspecified atom stereocenters. The Balaban J connectivity index is 2.71. The maximum absolute atomic E-state index is 13.4. The molecule has 0 aliphatic rings. The Morgan fingerprint density at radius 3 is 2.50 bits per heavy atom. The van der Waals surface area contributed by atoms with E-state index < -0.39 is 0 Å². The summed E-state index contributed by atoms with van der Waals surface area (Å²) in [4.78, 5) is 2.06. The van der Waals surface area contributed by atoms with Crippen molar-refractivity contribution >= 4 is 0 Å². The quantitative estimate of drug-likeness (QED) is 0.832. The van der Waals surface area contributed by atoms with Gasteiger partial charge in [-0.2, -0.15) is 0 Å². The van der Waals surface area contributed by atoms with E-state index in [4.69, 9.17) is 5.11 Å². The highest BCUT2D eigenvalue weighted by molar-refractivity contribution is 5.17. The lowest BCUT2D eigenvalue weighted by molar-refractivity contribution is 0.109. The molecule has 0 aromatic heterocycles. The standard InChI is InChI=1S/C13H20FNO/c1-13(2,8-9-16)15(3)10-11-6-4-5-7-12(11)14/h4-7,16H,8-10H2,1-3H3. The molecule has 0 aliphatic heterocycles. The van der Waals surface area contributed by atoms with E-state index in [0.29, 0.717) is 18.5 Å². The normalized spacial score (nSPS) is 12.1. The largest absolute Gasteiger partial charge is 0.396 e. The zero-order chi connectivity index (χ0) is 12.2. The molecule has 0 heterocycles. The summed E-state index contributed by atoms with van der Waals surface area (Å²) in [7, 11) is 1.95. The van der Waals surface area contributed by atoms with Crippen molar-refractivity contribution in [2.24, 2.45) is 0 Å². The predicted molar refractivity (Wildman–Crippen MR) is 63.6 cm³/mol. The van der Waals surface area contributed by atoms with Crippen LogP contribution in [0.15, 0.2) is 24.3 Å². The minimum absolute atomic E-state index is 0.128. The van der Waals surface area contributed by atoms with Crippen molar-refractivity contribution in [3.63, 3.8) is 0 Å². The molecule has 2 nitrogen and oxygen atoms in total. The molecule has 0 spiro atoms. The monoisotopic (exact) mass is 225 g/mol. The van der Waals surface area contributed by atoms with Gasteiger partial charge in [0.05, 0.1) is 0 Å². The van der Waals surface area contributed by atoms with Gasteiger partial charge >= 0.3 is 0 Å². The molecule has 90 valence electrons. The van der Waals surface area contributed by atoms with E-state index in [9.17, 15) is 4.39 Å². The minimum Gasteiger partial charge on any atom is -0.396 e. The number of aliphatic hydroxyl groups is 1. The summed E-state index contributed by atoms with van der Waals surface area (Å²) < 4.78 is 13.4. The lowest BCUT2D eigenvalue weighted by Crippen LogP contribution is -2.41. The highest BCUT2D eigenvalue weighted by Crippen LogP contribution is 2.20. The number of nitrogens with zero attached hydrogens (tertiary/aromatic N) is 1. The first-order valence-electron chi connectivity index (χ1n) is 5.53. The average Bonchev–Trinajstić information content (AvgIpc) is 2.21. The smallest absolute Gasteiger partial charge is 0.127 e. The molecule has 0 radical (unpaired) electrons. The summed E-state index contributed by atoms with van der Waals surface area (Å²) in [6.45, 7) is 4.79. The highest BCUT2D eigenvalue weighted by atomic mass is 19.1. The summed E-state index contributed by atoms with van der Waals surface area (Å²) >= 11 is 0. The molecule has 1 aromatic rings. The van der Waals surface area contributed by atoms with Crippen LogP contribution in [0.25, 0.3) is 0 Å². The molecular formula is C13H20FNO. The van der Waals surface area contributed by atoms with Crippen molar-refractivity contribution in [2.45, 2.75) is 32.4 Å². The molecule has 0 bridgehead atoms. The van der Waals surface area contributed by atoms with Gasteiger partial charge in [-0.05, 0) is 33.4 Å².